The first-order chi connectivity index (χ1) is 8.00. The zero-order valence-corrected chi connectivity index (χ0v) is 11.1. The number of anilines is 3. The van der Waals surface area contributed by atoms with E-state index in [1.165, 1.54) is 6.07 Å². The minimum Gasteiger partial charge on any atom is -0.397 e. The van der Waals surface area contributed by atoms with Crippen LogP contribution >= 0.6 is 23.4 Å². The van der Waals surface area contributed by atoms with E-state index >= 15 is 0 Å². The highest BCUT2D eigenvalue weighted by Gasteiger charge is 2.24. The molecule has 0 radical (unpaired) electrons. The van der Waals surface area contributed by atoms with Gasteiger partial charge in [-0.15, -0.1) is 0 Å². The molecule has 1 unspecified atom stereocenters. The molecule has 1 aliphatic rings. The van der Waals surface area contributed by atoms with Crippen molar-refractivity contribution < 1.29 is 4.39 Å². The van der Waals surface area contributed by atoms with Crippen molar-refractivity contribution in [3.63, 3.8) is 0 Å². The van der Waals surface area contributed by atoms with Crippen LogP contribution in [-0.4, -0.2) is 24.1 Å². The van der Waals surface area contributed by atoms with E-state index in [1.807, 2.05) is 16.7 Å². The number of hydrogen-bond acceptors (Lipinski definition) is 4. The van der Waals surface area contributed by atoms with Gasteiger partial charge in [0.05, 0.1) is 17.1 Å². The van der Waals surface area contributed by atoms with Crippen LogP contribution in [0.25, 0.3) is 0 Å². The van der Waals surface area contributed by atoms with Gasteiger partial charge in [0.1, 0.15) is 5.02 Å². The van der Waals surface area contributed by atoms with E-state index in [1.54, 1.807) is 0 Å². The van der Waals surface area contributed by atoms with Gasteiger partial charge in [0, 0.05) is 24.1 Å². The number of benzene rings is 1. The van der Waals surface area contributed by atoms with Crippen LogP contribution in [0.15, 0.2) is 6.07 Å². The molecule has 4 N–H and O–H groups in total. The summed E-state index contributed by atoms with van der Waals surface area (Å²) < 4.78 is 14.1. The van der Waals surface area contributed by atoms with Crippen LogP contribution in [0.1, 0.15) is 6.92 Å². The van der Waals surface area contributed by atoms with Crippen molar-refractivity contribution in [2.75, 3.05) is 35.2 Å². The second-order valence-corrected chi connectivity index (χ2v) is 6.08. The van der Waals surface area contributed by atoms with Crippen molar-refractivity contribution in [2.45, 2.75) is 12.2 Å². The molecule has 0 spiro atoms. The Kier molecular flexibility index (Phi) is 3.58. The summed E-state index contributed by atoms with van der Waals surface area (Å²) in [4.78, 5) is 1.94. The van der Waals surface area contributed by atoms with Crippen molar-refractivity contribution in [1.82, 2.24) is 0 Å². The summed E-state index contributed by atoms with van der Waals surface area (Å²) in [5, 5.41) is 0.416. The third-order valence-electron chi connectivity index (χ3n) is 2.80. The fourth-order valence-electron chi connectivity index (χ4n) is 2.00. The lowest BCUT2D eigenvalue weighted by Gasteiger charge is -2.33. The number of nitrogen functional groups attached to an aromatic ring is 2. The molecule has 94 valence electrons. The van der Waals surface area contributed by atoms with E-state index in [0.717, 1.165) is 18.8 Å². The Labute approximate surface area is 109 Å². The van der Waals surface area contributed by atoms with Crippen molar-refractivity contribution >= 4 is 40.4 Å². The maximum atomic E-state index is 14.1. The van der Waals surface area contributed by atoms with Crippen molar-refractivity contribution in [2.24, 2.45) is 0 Å². The van der Waals surface area contributed by atoms with Gasteiger partial charge in [-0.2, -0.15) is 11.8 Å². The van der Waals surface area contributed by atoms with Crippen LogP contribution in [0.3, 0.4) is 0 Å². The van der Waals surface area contributed by atoms with Gasteiger partial charge in [0.15, 0.2) is 5.82 Å². The van der Waals surface area contributed by atoms with Crippen LogP contribution in [0.4, 0.5) is 21.5 Å². The lowest BCUT2D eigenvalue weighted by molar-refractivity contribution is 0.618. The third kappa shape index (κ3) is 2.40. The highest BCUT2D eigenvalue weighted by molar-refractivity contribution is 8.00. The Hall–Kier alpha value is -0.810. The van der Waals surface area contributed by atoms with Crippen molar-refractivity contribution in [3.05, 3.63) is 16.9 Å². The van der Waals surface area contributed by atoms with Crippen LogP contribution in [0, 0.1) is 5.82 Å². The fraction of sp³-hybridized carbons (Fsp3) is 0.455. The molecule has 1 aromatic carbocycles. The molecule has 0 aliphatic carbocycles. The normalized spacial score (nSPS) is 20.6. The summed E-state index contributed by atoms with van der Waals surface area (Å²) in [7, 11) is 0. The van der Waals surface area contributed by atoms with Gasteiger partial charge in [-0.05, 0) is 6.07 Å². The molecule has 1 aliphatic heterocycles. The molecule has 0 aromatic heterocycles. The van der Waals surface area contributed by atoms with Gasteiger partial charge >= 0.3 is 0 Å². The zero-order valence-electron chi connectivity index (χ0n) is 9.54. The molecule has 1 fully saturated rings. The van der Waals surface area contributed by atoms with Gasteiger partial charge in [-0.25, -0.2) is 4.39 Å². The van der Waals surface area contributed by atoms with E-state index in [2.05, 4.69) is 6.92 Å². The highest BCUT2D eigenvalue weighted by Crippen LogP contribution is 2.37. The van der Waals surface area contributed by atoms with Gasteiger partial charge < -0.3 is 16.4 Å². The van der Waals surface area contributed by atoms with Crippen LogP contribution in [0.2, 0.25) is 5.02 Å². The number of rotatable bonds is 1. The molecule has 6 heteroatoms. The smallest absolute Gasteiger partial charge is 0.169 e. The summed E-state index contributed by atoms with van der Waals surface area (Å²) in [5.74, 6) is 0.449. The van der Waals surface area contributed by atoms with Crippen molar-refractivity contribution in [1.29, 1.82) is 0 Å². The minimum atomic E-state index is -0.511. The predicted molar refractivity (Wildman–Crippen MR) is 74.4 cm³/mol. The first kappa shape index (κ1) is 12.6. The second kappa shape index (κ2) is 4.82. The standard InChI is InChI=1S/C11H15ClFN3S/c1-6-5-16(2-3-17-6)11-8(15)4-7(14)9(12)10(11)13/h4,6H,2-3,5,14-15H2,1H3. The molecule has 2 rings (SSSR count). The molecule has 17 heavy (non-hydrogen) atoms. The van der Waals surface area contributed by atoms with Gasteiger partial charge in [-0.1, -0.05) is 18.5 Å². The largest absolute Gasteiger partial charge is 0.397 e. The first-order valence-corrected chi connectivity index (χ1v) is 6.83. The third-order valence-corrected chi connectivity index (χ3v) is 4.32. The number of nitrogens with zero attached hydrogens (tertiary/aromatic N) is 1. The summed E-state index contributed by atoms with van der Waals surface area (Å²) in [5.41, 5.74) is 12.3. The maximum absolute atomic E-state index is 14.1. The average molecular weight is 276 g/mol. The summed E-state index contributed by atoms with van der Waals surface area (Å²) >= 11 is 7.70. The topological polar surface area (TPSA) is 55.3 Å². The van der Waals surface area contributed by atoms with E-state index in [0.29, 0.717) is 16.6 Å². The zero-order chi connectivity index (χ0) is 12.6. The second-order valence-electron chi connectivity index (χ2n) is 4.16. The van der Waals surface area contributed by atoms with Gasteiger partial charge in [-0.3, -0.25) is 0 Å². The molecule has 1 saturated heterocycles. The quantitative estimate of drug-likeness (QED) is 0.774. The SMILES string of the molecule is CC1CN(c2c(N)cc(N)c(Cl)c2F)CCS1. The molecule has 1 heterocycles. The molecular weight excluding hydrogens is 261 g/mol. The highest BCUT2D eigenvalue weighted by atomic mass is 35.5. The van der Waals surface area contributed by atoms with Crippen LogP contribution in [0.5, 0.6) is 0 Å². The molecule has 0 saturated carbocycles. The Morgan fingerprint density at radius 2 is 2.18 bits per heavy atom. The predicted octanol–water partition coefficient (Wildman–Crippen LogP) is 2.59. The van der Waals surface area contributed by atoms with E-state index in [9.17, 15) is 4.39 Å². The minimum absolute atomic E-state index is 0.0416. The number of thioether (sulfide) groups is 1. The Morgan fingerprint density at radius 3 is 2.82 bits per heavy atom. The Bertz CT molecular complexity index is 441. The summed E-state index contributed by atoms with van der Waals surface area (Å²) in [6, 6.07) is 1.52. The van der Waals surface area contributed by atoms with Crippen LogP contribution < -0.4 is 16.4 Å². The monoisotopic (exact) mass is 275 g/mol. The molecule has 1 aromatic rings. The lowest BCUT2D eigenvalue weighted by Crippen LogP contribution is -2.37. The average Bonchev–Trinajstić information content (AvgIpc) is 2.26. The van der Waals surface area contributed by atoms with Crippen molar-refractivity contribution in [3.8, 4) is 0 Å². The van der Waals surface area contributed by atoms with Crippen LogP contribution in [-0.2, 0) is 0 Å². The molecule has 0 bridgehead atoms. The summed E-state index contributed by atoms with van der Waals surface area (Å²) in [6.45, 7) is 3.66. The summed E-state index contributed by atoms with van der Waals surface area (Å²) in [6.07, 6.45) is 0. The molecule has 3 nitrogen and oxygen atoms in total. The van der Waals surface area contributed by atoms with E-state index in [4.69, 9.17) is 23.1 Å². The van der Waals surface area contributed by atoms with Gasteiger partial charge in [0.25, 0.3) is 0 Å². The number of hydrogen-bond donors (Lipinski definition) is 2. The van der Waals surface area contributed by atoms with E-state index in [-0.39, 0.29) is 10.7 Å². The molecular formula is C11H15ClFN3S. The van der Waals surface area contributed by atoms with Gasteiger partial charge in [0.2, 0.25) is 0 Å². The number of halogens is 2. The van der Waals surface area contributed by atoms with E-state index < -0.39 is 5.82 Å². The molecule has 1 atom stereocenters. The fourth-order valence-corrected chi connectivity index (χ4v) is 3.16. The first-order valence-electron chi connectivity index (χ1n) is 5.40. The maximum Gasteiger partial charge on any atom is 0.169 e. The lowest BCUT2D eigenvalue weighted by atomic mass is 10.2. The Balaban J connectivity index is 2.41. The Morgan fingerprint density at radius 1 is 1.47 bits per heavy atom. The molecule has 0 amide bonds. The number of nitrogens with two attached hydrogens (primary N) is 2.